The summed E-state index contributed by atoms with van der Waals surface area (Å²) < 4.78 is 36.7. The van der Waals surface area contributed by atoms with Gasteiger partial charge in [0.25, 0.3) is 5.78 Å². The lowest BCUT2D eigenvalue weighted by molar-refractivity contribution is -0.165. The Hall–Kier alpha value is -2.22. The number of carbonyl (C=O) groups excluding carboxylic acids is 1. The SMILES string of the molecule is C#CCN(Cc1ccccc1)/C(C)=C/C(=O)C(F)(F)F. The zero-order valence-corrected chi connectivity index (χ0v) is 10.9. The summed E-state index contributed by atoms with van der Waals surface area (Å²) in [5.41, 5.74) is 1.09. The van der Waals surface area contributed by atoms with Crippen molar-refractivity contribution >= 4 is 5.78 Å². The Kier molecular flexibility index (Phi) is 5.39. The van der Waals surface area contributed by atoms with E-state index in [9.17, 15) is 18.0 Å². The van der Waals surface area contributed by atoms with Crippen LogP contribution < -0.4 is 0 Å². The number of rotatable bonds is 5. The minimum Gasteiger partial charge on any atom is -0.359 e. The Morgan fingerprint density at radius 3 is 2.45 bits per heavy atom. The number of terminal acetylenes is 1. The monoisotopic (exact) mass is 281 g/mol. The van der Waals surface area contributed by atoms with Crippen molar-refractivity contribution in [2.24, 2.45) is 0 Å². The van der Waals surface area contributed by atoms with Crippen molar-refractivity contribution in [2.45, 2.75) is 19.6 Å². The Morgan fingerprint density at radius 2 is 1.95 bits per heavy atom. The highest BCUT2D eigenvalue weighted by atomic mass is 19.4. The Bertz CT molecular complexity index is 526. The maximum Gasteiger partial charge on any atom is 0.454 e. The van der Waals surface area contributed by atoms with E-state index in [1.54, 1.807) is 4.90 Å². The zero-order valence-electron chi connectivity index (χ0n) is 10.9. The van der Waals surface area contributed by atoms with E-state index in [4.69, 9.17) is 6.42 Å². The van der Waals surface area contributed by atoms with Crippen LogP contribution in [0.1, 0.15) is 12.5 Å². The van der Waals surface area contributed by atoms with Crippen LogP contribution in [0.2, 0.25) is 0 Å². The van der Waals surface area contributed by atoms with Crippen LogP contribution in [-0.2, 0) is 11.3 Å². The topological polar surface area (TPSA) is 20.3 Å². The summed E-state index contributed by atoms with van der Waals surface area (Å²) in [7, 11) is 0. The molecule has 0 unspecified atom stereocenters. The Morgan fingerprint density at radius 1 is 1.35 bits per heavy atom. The molecule has 106 valence electrons. The van der Waals surface area contributed by atoms with E-state index in [0.717, 1.165) is 5.56 Å². The first-order valence-electron chi connectivity index (χ1n) is 5.86. The highest BCUT2D eigenvalue weighted by molar-refractivity contribution is 5.94. The molecule has 20 heavy (non-hydrogen) atoms. The molecule has 0 heterocycles. The van der Waals surface area contributed by atoms with Crippen LogP contribution in [0.25, 0.3) is 0 Å². The maximum atomic E-state index is 12.2. The van der Waals surface area contributed by atoms with E-state index < -0.39 is 12.0 Å². The molecule has 1 aromatic rings. The van der Waals surface area contributed by atoms with Crippen LogP contribution in [0, 0.1) is 12.3 Å². The summed E-state index contributed by atoms with van der Waals surface area (Å²) in [4.78, 5) is 12.5. The van der Waals surface area contributed by atoms with Gasteiger partial charge in [-0.15, -0.1) is 6.42 Å². The summed E-state index contributed by atoms with van der Waals surface area (Å²) in [5, 5.41) is 0. The van der Waals surface area contributed by atoms with Gasteiger partial charge in [0.2, 0.25) is 0 Å². The number of benzene rings is 1. The van der Waals surface area contributed by atoms with Gasteiger partial charge in [0.15, 0.2) is 0 Å². The number of nitrogens with zero attached hydrogens (tertiary/aromatic N) is 1. The predicted octanol–water partition coefficient (Wildman–Crippen LogP) is 3.16. The van der Waals surface area contributed by atoms with E-state index in [1.165, 1.54) is 6.92 Å². The van der Waals surface area contributed by atoms with Crippen LogP contribution in [0.5, 0.6) is 0 Å². The lowest BCUT2D eigenvalue weighted by Crippen LogP contribution is -2.26. The molecule has 0 aromatic heterocycles. The van der Waals surface area contributed by atoms with Crippen LogP contribution >= 0.6 is 0 Å². The number of allylic oxidation sites excluding steroid dienone is 2. The summed E-state index contributed by atoms with van der Waals surface area (Å²) in [6, 6.07) is 9.16. The standard InChI is InChI=1S/C15H14F3NO/c1-3-9-19(11-13-7-5-4-6-8-13)12(2)10-14(20)15(16,17)18/h1,4-8,10H,9,11H2,2H3/b12-10+. The number of halogens is 3. The van der Waals surface area contributed by atoms with Crippen molar-refractivity contribution in [2.75, 3.05) is 6.54 Å². The average molecular weight is 281 g/mol. The molecular formula is C15H14F3NO. The summed E-state index contributed by atoms with van der Waals surface area (Å²) in [6.07, 6.45) is 0.916. The van der Waals surface area contributed by atoms with Crippen LogP contribution in [-0.4, -0.2) is 23.4 Å². The number of alkyl halides is 3. The first-order valence-corrected chi connectivity index (χ1v) is 5.86. The van der Waals surface area contributed by atoms with Gasteiger partial charge in [-0.2, -0.15) is 13.2 Å². The zero-order chi connectivity index (χ0) is 15.2. The molecule has 0 N–H and O–H groups in total. The van der Waals surface area contributed by atoms with Gasteiger partial charge in [-0.1, -0.05) is 36.3 Å². The van der Waals surface area contributed by atoms with Crippen LogP contribution in [0.15, 0.2) is 42.1 Å². The van der Waals surface area contributed by atoms with Gasteiger partial charge in [-0.05, 0) is 12.5 Å². The maximum absolute atomic E-state index is 12.2. The molecule has 1 rings (SSSR count). The quantitative estimate of drug-likeness (QED) is 0.610. The molecule has 0 aliphatic heterocycles. The van der Waals surface area contributed by atoms with Gasteiger partial charge in [-0.3, -0.25) is 4.79 Å². The van der Waals surface area contributed by atoms with Crippen LogP contribution in [0.4, 0.5) is 13.2 Å². The predicted molar refractivity (Wildman–Crippen MR) is 70.5 cm³/mol. The fourth-order valence-electron chi connectivity index (χ4n) is 1.58. The second-order valence-electron chi connectivity index (χ2n) is 4.19. The number of hydrogen-bond donors (Lipinski definition) is 0. The van der Waals surface area contributed by atoms with Gasteiger partial charge in [0, 0.05) is 18.3 Å². The molecule has 1 aromatic carbocycles. The molecule has 0 radical (unpaired) electrons. The Balaban J connectivity index is 2.88. The van der Waals surface area contributed by atoms with Gasteiger partial charge >= 0.3 is 6.18 Å². The van der Waals surface area contributed by atoms with Gasteiger partial charge in [0.05, 0.1) is 6.54 Å². The molecule has 0 spiro atoms. The molecule has 0 atom stereocenters. The van der Waals surface area contributed by atoms with E-state index in [1.807, 2.05) is 30.3 Å². The molecule has 0 saturated carbocycles. The average Bonchev–Trinajstić information content (AvgIpc) is 2.38. The fourth-order valence-corrected chi connectivity index (χ4v) is 1.58. The normalized spacial score (nSPS) is 11.8. The third-order valence-corrected chi connectivity index (χ3v) is 2.62. The molecule has 0 fully saturated rings. The smallest absolute Gasteiger partial charge is 0.359 e. The van der Waals surface area contributed by atoms with Crippen molar-refractivity contribution in [1.82, 2.24) is 4.90 Å². The third-order valence-electron chi connectivity index (χ3n) is 2.62. The largest absolute Gasteiger partial charge is 0.454 e. The van der Waals surface area contributed by atoms with Crippen molar-refractivity contribution in [1.29, 1.82) is 0 Å². The molecule has 0 aliphatic carbocycles. The fraction of sp³-hybridized carbons (Fsp3) is 0.267. The molecule has 0 aliphatic rings. The molecule has 5 heteroatoms. The molecule has 0 saturated heterocycles. The number of ketones is 1. The third kappa shape index (κ3) is 4.81. The minimum atomic E-state index is -4.87. The first-order chi connectivity index (χ1) is 9.34. The molecule has 0 bridgehead atoms. The highest BCUT2D eigenvalue weighted by Gasteiger charge is 2.36. The lowest BCUT2D eigenvalue weighted by atomic mass is 10.2. The van der Waals surface area contributed by atoms with Gasteiger partial charge in [-0.25, -0.2) is 0 Å². The molecular weight excluding hydrogens is 267 g/mol. The number of hydrogen-bond acceptors (Lipinski definition) is 2. The van der Waals surface area contributed by atoms with Gasteiger partial charge < -0.3 is 4.90 Å². The summed E-state index contributed by atoms with van der Waals surface area (Å²) in [6.45, 7) is 1.91. The van der Waals surface area contributed by atoms with Gasteiger partial charge in [0.1, 0.15) is 0 Å². The minimum absolute atomic E-state index is 0.127. The van der Waals surface area contributed by atoms with E-state index in [0.29, 0.717) is 12.6 Å². The van der Waals surface area contributed by atoms with E-state index >= 15 is 0 Å². The summed E-state index contributed by atoms with van der Waals surface area (Å²) >= 11 is 0. The first kappa shape index (κ1) is 15.8. The van der Waals surface area contributed by atoms with Crippen molar-refractivity contribution in [3.05, 3.63) is 47.7 Å². The highest BCUT2D eigenvalue weighted by Crippen LogP contribution is 2.19. The van der Waals surface area contributed by atoms with E-state index in [-0.39, 0.29) is 12.2 Å². The van der Waals surface area contributed by atoms with Crippen molar-refractivity contribution in [3.63, 3.8) is 0 Å². The second-order valence-corrected chi connectivity index (χ2v) is 4.19. The Labute approximate surface area is 115 Å². The van der Waals surface area contributed by atoms with Crippen molar-refractivity contribution in [3.8, 4) is 12.3 Å². The van der Waals surface area contributed by atoms with Crippen LogP contribution in [0.3, 0.4) is 0 Å². The lowest BCUT2D eigenvalue weighted by Gasteiger charge is -2.23. The second kappa shape index (κ2) is 6.80. The molecule has 2 nitrogen and oxygen atoms in total. The number of carbonyl (C=O) groups is 1. The van der Waals surface area contributed by atoms with Crippen molar-refractivity contribution < 1.29 is 18.0 Å². The van der Waals surface area contributed by atoms with E-state index in [2.05, 4.69) is 5.92 Å². The molecule has 0 amide bonds. The summed E-state index contributed by atoms with van der Waals surface area (Å²) in [5.74, 6) is 0.489.